The molecule has 182 valence electrons. The number of fused-ring (bicyclic) bond motifs is 1. The zero-order valence-electron chi connectivity index (χ0n) is 19.8. The standard InChI is InChI=1S/C28H33F3N2O/c1-3-25(32)27(22-5-4-6-23(17-22)28(29,30)31)12-9-19(10-13-27)7-8-20-16-21-11-14-33-26(34)24(21)15-18(20)2/h4-6,11,14-17,19,25H,3,7-10,12-13,32H2,1-2H3,(H,33,34)/t19-,25?,27+. The first-order chi connectivity index (χ1) is 16.1. The molecule has 0 radical (unpaired) electrons. The monoisotopic (exact) mass is 470 g/mol. The molecule has 1 atom stereocenters. The molecule has 0 bridgehead atoms. The lowest BCUT2D eigenvalue weighted by molar-refractivity contribution is -0.137. The van der Waals surface area contributed by atoms with Crippen LogP contribution in [0.3, 0.4) is 0 Å². The van der Waals surface area contributed by atoms with Crippen LogP contribution in [-0.4, -0.2) is 11.0 Å². The maximum atomic E-state index is 13.4. The fourth-order valence-corrected chi connectivity index (χ4v) is 5.77. The minimum Gasteiger partial charge on any atom is -0.329 e. The Kier molecular flexibility index (Phi) is 6.90. The van der Waals surface area contributed by atoms with E-state index in [1.165, 1.54) is 17.7 Å². The molecule has 6 heteroatoms. The average Bonchev–Trinajstić information content (AvgIpc) is 2.83. The highest BCUT2D eigenvalue weighted by molar-refractivity contribution is 5.82. The number of aromatic nitrogens is 1. The van der Waals surface area contributed by atoms with Gasteiger partial charge in [-0.2, -0.15) is 13.2 Å². The van der Waals surface area contributed by atoms with Crippen molar-refractivity contribution >= 4 is 10.8 Å². The Hall–Kier alpha value is -2.60. The molecule has 3 N–H and O–H groups in total. The predicted molar refractivity (Wildman–Crippen MR) is 131 cm³/mol. The van der Waals surface area contributed by atoms with Crippen molar-refractivity contribution in [2.45, 2.75) is 76.4 Å². The van der Waals surface area contributed by atoms with E-state index in [9.17, 15) is 18.0 Å². The highest BCUT2D eigenvalue weighted by Crippen LogP contribution is 2.46. The van der Waals surface area contributed by atoms with Crippen molar-refractivity contribution in [3.63, 3.8) is 0 Å². The topological polar surface area (TPSA) is 58.9 Å². The molecule has 1 unspecified atom stereocenters. The number of alkyl halides is 3. The van der Waals surface area contributed by atoms with Gasteiger partial charge in [0, 0.05) is 23.0 Å². The van der Waals surface area contributed by atoms with Crippen LogP contribution in [0.15, 0.2) is 53.5 Å². The Morgan fingerprint density at radius 3 is 2.56 bits per heavy atom. The maximum absolute atomic E-state index is 13.4. The third-order valence-electron chi connectivity index (χ3n) is 7.96. The van der Waals surface area contributed by atoms with Crippen molar-refractivity contribution < 1.29 is 13.2 Å². The minimum atomic E-state index is -4.35. The number of pyridine rings is 1. The summed E-state index contributed by atoms with van der Waals surface area (Å²) < 4.78 is 40.1. The summed E-state index contributed by atoms with van der Waals surface area (Å²) >= 11 is 0. The molecular weight excluding hydrogens is 437 g/mol. The first-order valence-electron chi connectivity index (χ1n) is 12.2. The SMILES string of the molecule is CCC(N)[C@]1(c2cccc(C(F)(F)F)c2)CC[C@H](CCc2cc3cc[nH]c(=O)c3cc2C)CC1. The summed E-state index contributed by atoms with van der Waals surface area (Å²) in [6.07, 6.45) is 3.52. The van der Waals surface area contributed by atoms with Gasteiger partial charge in [0.15, 0.2) is 0 Å². The van der Waals surface area contributed by atoms with E-state index in [0.29, 0.717) is 11.3 Å². The summed E-state index contributed by atoms with van der Waals surface area (Å²) in [5.41, 5.74) is 8.57. The van der Waals surface area contributed by atoms with Crippen LogP contribution in [-0.2, 0) is 18.0 Å². The Labute approximate surface area is 198 Å². The van der Waals surface area contributed by atoms with E-state index in [-0.39, 0.29) is 11.6 Å². The molecule has 2 aromatic carbocycles. The van der Waals surface area contributed by atoms with E-state index >= 15 is 0 Å². The second-order valence-corrected chi connectivity index (χ2v) is 9.90. The lowest BCUT2D eigenvalue weighted by Gasteiger charge is -2.45. The number of hydrogen-bond acceptors (Lipinski definition) is 2. The highest BCUT2D eigenvalue weighted by atomic mass is 19.4. The van der Waals surface area contributed by atoms with Gasteiger partial charge in [-0.05, 0) is 98.1 Å². The van der Waals surface area contributed by atoms with Crippen LogP contribution in [0.2, 0.25) is 0 Å². The van der Waals surface area contributed by atoms with Gasteiger partial charge < -0.3 is 10.7 Å². The molecule has 4 rings (SSSR count). The van der Waals surface area contributed by atoms with Gasteiger partial charge in [-0.25, -0.2) is 0 Å². The molecule has 3 nitrogen and oxygen atoms in total. The number of hydrogen-bond donors (Lipinski definition) is 2. The Balaban J connectivity index is 1.49. The van der Waals surface area contributed by atoms with E-state index in [2.05, 4.69) is 11.1 Å². The smallest absolute Gasteiger partial charge is 0.329 e. The third-order valence-corrected chi connectivity index (χ3v) is 7.96. The molecule has 1 aromatic heterocycles. The van der Waals surface area contributed by atoms with E-state index < -0.39 is 17.2 Å². The summed E-state index contributed by atoms with van der Waals surface area (Å²) in [6, 6.07) is 11.6. The molecule has 34 heavy (non-hydrogen) atoms. The second-order valence-electron chi connectivity index (χ2n) is 9.90. The molecule has 1 fully saturated rings. The van der Waals surface area contributed by atoms with Crippen LogP contribution >= 0.6 is 0 Å². The lowest BCUT2D eigenvalue weighted by Crippen LogP contribution is -2.47. The van der Waals surface area contributed by atoms with Crippen LogP contribution in [0.25, 0.3) is 10.8 Å². The van der Waals surface area contributed by atoms with Crippen LogP contribution in [0.1, 0.15) is 67.7 Å². The molecule has 0 saturated heterocycles. The van der Waals surface area contributed by atoms with E-state index in [1.54, 1.807) is 6.20 Å². The average molecular weight is 471 g/mol. The number of nitrogens with two attached hydrogens (primary N) is 1. The lowest BCUT2D eigenvalue weighted by atomic mass is 9.61. The van der Waals surface area contributed by atoms with Gasteiger partial charge in [0.1, 0.15) is 0 Å². The Bertz CT molecular complexity index is 1210. The number of H-pyrrole nitrogens is 1. The summed E-state index contributed by atoms with van der Waals surface area (Å²) in [4.78, 5) is 14.8. The van der Waals surface area contributed by atoms with Gasteiger partial charge in [0.2, 0.25) is 0 Å². The van der Waals surface area contributed by atoms with E-state index in [1.807, 2.05) is 32.0 Å². The van der Waals surface area contributed by atoms with Gasteiger partial charge in [-0.15, -0.1) is 0 Å². The number of benzene rings is 2. The first kappa shape index (κ1) is 24.5. The molecule has 0 spiro atoms. The van der Waals surface area contributed by atoms with Gasteiger partial charge >= 0.3 is 6.18 Å². The van der Waals surface area contributed by atoms with Crippen molar-refractivity contribution in [1.29, 1.82) is 0 Å². The summed E-state index contributed by atoms with van der Waals surface area (Å²) in [5.74, 6) is 0.511. The molecule has 1 saturated carbocycles. The molecule has 1 heterocycles. The van der Waals surface area contributed by atoms with Crippen molar-refractivity contribution in [3.05, 3.63) is 81.3 Å². The molecule has 0 aliphatic heterocycles. The van der Waals surface area contributed by atoms with E-state index in [0.717, 1.165) is 67.5 Å². The van der Waals surface area contributed by atoms with Gasteiger partial charge in [0.05, 0.1) is 5.56 Å². The number of halogens is 3. The fourth-order valence-electron chi connectivity index (χ4n) is 5.77. The fraction of sp³-hybridized carbons (Fsp3) is 0.464. The molecule has 1 aliphatic rings. The summed E-state index contributed by atoms with van der Waals surface area (Å²) in [5, 5.41) is 1.66. The minimum absolute atomic E-state index is 0.0716. The van der Waals surface area contributed by atoms with Crippen molar-refractivity contribution in [2.75, 3.05) is 0 Å². The van der Waals surface area contributed by atoms with Gasteiger partial charge in [-0.3, -0.25) is 4.79 Å². The van der Waals surface area contributed by atoms with Gasteiger partial charge in [0.25, 0.3) is 5.56 Å². The summed E-state index contributed by atoms with van der Waals surface area (Å²) in [6.45, 7) is 4.06. The second kappa shape index (κ2) is 9.57. The quantitative estimate of drug-likeness (QED) is 0.424. The van der Waals surface area contributed by atoms with Crippen molar-refractivity contribution in [2.24, 2.45) is 11.7 Å². The van der Waals surface area contributed by atoms with Crippen molar-refractivity contribution in [1.82, 2.24) is 4.98 Å². The third kappa shape index (κ3) is 4.78. The first-order valence-corrected chi connectivity index (χ1v) is 12.2. The van der Waals surface area contributed by atoms with Crippen LogP contribution in [0, 0.1) is 12.8 Å². The molecular formula is C28H33F3N2O. The van der Waals surface area contributed by atoms with Crippen LogP contribution in [0.4, 0.5) is 13.2 Å². The Morgan fingerprint density at radius 2 is 1.88 bits per heavy atom. The molecule has 1 aliphatic carbocycles. The van der Waals surface area contributed by atoms with Crippen molar-refractivity contribution in [3.8, 4) is 0 Å². The largest absolute Gasteiger partial charge is 0.416 e. The zero-order chi connectivity index (χ0) is 24.5. The molecule has 0 amide bonds. The maximum Gasteiger partial charge on any atom is 0.416 e. The zero-order valence-corrected chi connectivity index (χ0v) is 19.8. The summed E-state index contributed by atoms with van der Waals surface area (Å²) in [7, 11) is 0. The number of nitrogens with one attached hydrogen (secondary N) is 1. The van der Waals surface area contributed by atoms with Crippen LogP contribution < -0.4 is 11.3 Å². The Morgan fingerprint density at radius 1 is 1.15 bits per heavy atom. The highest BCUT2D eigenvalue weighted by Gasteiger charge is 2.42. The van der Waals surface area contributed by atoms with Gasteiger partial charge in [-0.1, -0.05) is 31.2 Å². The molecule has 3 aromatic rings. The van der Waals surface area contributed by atoms with Crippen LogP contribution in [0.5, 0.6) is 0 Å². The normalized spacial score (nSPS) is 22.1. The predicted octanol–water partition coefficient (Wildman–Crippen LogP) is 6.65. The number of aromatic amines is 1. The number of aryl methyl sites for hydroxylation is 2. The van der Waals surface area contributed by atoms with E-state index in [4.69, 9.17) is 5.73 Å². The number of rotatable bonds is 6.